The van der Waals surface area contributed by atoms with Crippen LogP contribution < -0.4 is 15.8 Å². The molecule has 1 heterocycles. The zero-order valence-electron chi connectivity index (χ0n) is 20.5. The molecule has 15 heteroatoms. The molecule has 0 unspecified atom stereocenters. The molecule has 0 aliphatic heterocycles. The Bertz CT molecular complexity index is 1320. The van der Waals surface area contributed by atoms with E-state index in [1.165, 1.54) is 29.4 Å². The Morgan fingerprint density at radius 3 is 2.51 bits per heavy atom. The molecule has 210 valence electrons. The van der Waals surface area contributed by atoms with Crippen molar-refractivity contribution in [2.75, 3.05) is 25.5 Å². The Morgan fingerprint density at radius 2 is 1.92 bits per heavy atom. The highest BCUT2D eigenvalue weighted by atomic mass is 35.5. The van der Waals surface area contributed by atoms with Crippen molar-refractivity contribution < 1.29 is 41.5 Å². The van der Waals surface area contributed by atoms with Crippen LogP contribution in [0.1, 0.15) is 21.6 Å². The van der Waals surface area contributed by atoms with Gasteiger partial charge in [0.2, 0.25) is 5.95 Å². The van der Waals surface area contributed by atoms with Crippen LogP contribution in [0.2, 0.25) is 5.02 Å². The summed E-state index contributed by atoms with van der Waals surface area (Å²) in [6.45, 7) is 1.80. The van der Waals surface area contributed by atoms with Crippen LogP contribution in [-0.4, -0.2) is 51.5 Å². The molecule has 4 N–H and O–H groups in total. The smallest absolute Gasteiger partial charge is 0.417 e. The van der Waals surface area contributed by atoms with Crippen LogP contribution in [0, 0.1) is 12.9 Å². The van der Waals surface area contributed by atoms with Gasteiger partial charge in [-0.2, -0.15) is 17.6 Å². The molecule has 0 radical (unpaired) electrons. The van der Waals surface area contributed by atoms with Crippen molar-refractivity contribution >= 4 is 41.0 Å². The summed E-state index contributed by atoms with van der Waals surface area (Å²) >= 11 is 4.29. The van der Waals surface area contributed by atoms with E-state index in [1.807, 2.05) is 0 Å². The number of rotatable bonds is 8. The van der Waals surface area contributed by atoms with Gasteiger partial charge in [0.1, 0.15) is 11.5 Å². The number of nitrogens with two attached hydrogens (primary N) is 1. The van der Waals surface area contributed by atoms with Crippen molar-refractivity contribution in [1.29, 1.82) is 0 Å². The first-order valence-electron chi connectivity index (χ1n) is 10.9. The maximum absolute atomic E-state index is 13.5. The maximum atomic E-state index is 13.5. The van der Waals surface area contributed by atoms with Gasteiger partial charge in [-0.25, -0.2) is 4.98 Å². The number of carboxylic acid groups (broad SMARTS) is 1. The van der Waals surface area contributed by atoms with Crippen LogP contribution in [0.4, 0.5) is 23.2 Å². The molecule has 0 aliphatic carbocycles. The van der Waals surface area contributed by atoms with Gasteiger partial charge in [-0.15, -0.1) is 4.31 Å². The average Bonchev–Trinajstić information content (AvgIpc) is 2.86. The lowest BCUT2D eigenvalue weighted by Gasteiger charge is -2.19. The highest BCUT2D eigenvalue weighted by Gasteiger charge is 2.35. The fraction of sp³-hybridized carbons (Fsp3) is 0.208. The minimum absolute atomic E-state index is 0.0544. The van der Waals surface area contributed by atoms with E-state index in [-0.39, 0.29) is 29.2 Å². The Kier molecular flexibility index (Phi) is 11.5. The van der Waals surface area contributed by atoms with E-state index < -0.39 is 45.7 Å². The van der Waals surface area contributed by atoms with E-state index in [0.29, 0.717) is 24.1 Å². The van der Waals surface area contributed by atoms with E-state index in [4.69, 9.17) is 32.0 Å². The number of ether oxygens (including phenoxy) is 1. The number of anilines is 1. The number of halogens is 5. The largest absolute Gasteiger partial charge is 0.593 e. The third-order valence-corrected chi connectivity index (χ3v) is 6.58. The van der Waals surface area contributed by atoms with Gasteiger partial charge < -0.3 is 25.4 Å². The van der Waals surface area contributed by atoms with Crippen molar-refractivity contribution in [3.8, 4) is 11.5 Å². The predicted molar refractivity (Wildman–Crippen MR) is 137 cm³/mol. The molecule has 0 aliphatic rings. The van der Waals surface area contributed by atoms with Gasteiger partial charge in [-0.05, 0) is 43.3 Å². The second-order valence-electron chi connectivity index (χ2n) is 7.62. The van der Waals surface area contributed by atoms with Crippen LogP contribution in [0.5, 0.6) is 11.5 Å². The van der Waals surface area contributed by atoms with Gasteiger partial charge >= 0.3 is 6.18 Å². The van der Waals surface area contributed by atoms with Crippen LogP contribution in [0.15, 0.2) is 53.4 Å². The minimum Gasteiger partial charge on any atom is -0.593 e. The normalized spacial score (nSPS) is 11.8. The molecule has 0 fully saturated rings. The first-order valence-corrected chi connectivity index (χ1v) is 12.3. The number of aromatic nitrogens is 1. The second-order valence-corrected chi connectivity index (χ2v) is 9.62. The second kappa shape index (κ2) is 14.1. The number of carbonyl (C=O) groups is 2. The Hall–Kier alpha value is -3.43. The number of alkyl halides is 3. The molecule has 0 spiro atoms. The number of hydrogen-bond acceptors (Lipinski definition) is 7. The topological polar surface area (TPSA) is 141 Å². The van der Waals surface area contributed by atoms with Gasteiger partial charge in [0.05, 0.1) is 39.8 Å². The molecule has 3 rings (SSSR count). The quantitative estimate of drug-likeness (QED) is 0.146. The summed E-state index contributed by atoms with van der Waals surface area (Å²) in [5.74, 6) is -2.17. The van der Waals surface area contributed by atoms with Gasteiger partial charge in [0.15, 0.2) is 4.90 Å². The van der Waals surface area contributed by atoms with E-state index in [1.54, 1.807) is 19.2 Å². The lowest BCUT2D eigenvalue weighted by atomic mass is 10.1. The molecule has 1 amide bonds. The van der Waals surface area contributed by atoms with E-state index >= 15 is 0 Å². The molecule has 9 nitrogen and oxygen atoms in total. The number of nitrogens with zero attached hydrogens (tertiary/aromatic N) is 2. The fourth-order valence-corrected chi connectivity index (χ4v) is 4.43. The van der Waals surface area contributed by atoms with Crippen molar-refractivity contribution in [2.45, 2.75) is 18.0 Å². The molecule has 1 aromatic heterocycles. The number of carbonyl (C=O) groups excluding carboxylic acids is 1. The zero-order valence-corrected chi connectivity index (χ0v) is 22.0. The summed E-state index contributed by atoms with van der Waals surface area (Å²) in [5, 5.41) is 8.72. The summed E-state index contributed by atoms with van der Waals surface area (Å²) in [6, 6.07) is 9.69. The summed E-state index contributed by atoms with van der Waals surface area (Å²) < 4.78 is 73.5. The highest BCUT2D eigenvalue weighted by molar-refractivity contribution is 7.89. The van der Waals surface area contributed by atoms with Gasteiger partial charge in [0, 0.05) is 25.3 Å². The number of aryl methyl sites for hydroxylation is 1. The van der Waals surface area contributed by atoms with E-state index in [2.05, 4.69) is 10.3 Å². The lowest BCUT2D eigenvalue weighted by molar-refractivity contribution is -0.137. The third-order valence-electron chi connectivity index (χ3n) is 4.86. The average molecular weight is 591 g/mol. The number of benzene rings is 2. The molecule has 1 atom stereocenters. The monoisotopic (exact) mass is 590 g/mol. The summed E-state index contributed by atoms with van der Waals surface area (Å²) in [4.78, 5) is 25.4. The molecule has 39 heavy (non-hydrogen) atoms. The van der Waals surface area contributed by atoms with Crippen molar-refractivity contribution in [3.63, 3.8) is 0 Å². The van der Waals surface area contributed by atoms with Crippen LogP contribution in [-0.2, 0) is 22.3 Å². The number of hydrogen-bond donors (Lipinski definition) is 3. The Balaban J connectivity index is 0.00000170. The van der Waals surface area contributed by atoms with Crippen LogP contribution >= 0.6 is 11.6 Å². The Morgan fingerprint density at radius 1 is 1.26 bits per heavy atom. The number of likely N-dealkylation sites (N-methyl/N-ethyl adjacent to an activating group) is 1. The SMILES string of the molecule is Cc1nc(F)ccc1Oc1cc(C(F)(F)F)c(Cl)cc1C(=O)Nc1cccc([S@@+]([O-])N(C)CCN)c1.O=CO. The molecule has 0 saturated carbocycles. The first-order chi connectivity index (χ1) is 18.3. The van der Waals surface area contributed by atoms with Gasteiger partial charge in [-0.1, -0.05) is 17.7 Å². The summed E-state index contributed by atoms with van der Waals surface area (Å²) in [6.07, 6.45) is -4.83. The number of pyridine rings is 1. The van der Waals surface area contributed by atoms with E-state index in [0.717, 1.165) is 12.1 Å². The maximum Gasteiger partial charge on any atom is 0.417 e. The van der Waals surface area contributed by atoms with Gasteiger partial charge in [0.25, 0.3) is 12.4 Å². The van der Waals surface area contributed by atoms with E-state index in [9.17, 15) is 26.9 Å². The summed E-state index contributed by atoms with van der Waals surface area (Å²) in [5.41, 5.74) is 4.24. The molecular formula is C24H23ClF4N4O5S. The zero-order chi connectivity index (χ0) is 29.3. The third kappa shape index (κ3) is 8.80. The van der Waals surface area contributed by atoms with Crippen LogP contribution in [0.25, 0.3) is 0 Å². The van der Waals surface area contributed by atoms with Gasteiger partial charge in [-0.3, -0.25) is 9.59 Å². The lowest BCUT2D eigenvalue weighted by Crippen LogP contribution is -2.31. The first kappa shape index (κ1) is 31.8. The summed E-state index contributed by atoms with van der Waals surface area (Å²) in [7, 11) is 1.62. The predicted octanol–water partition coefficient (Wildman–Crippen LogP) is 4.86. The van der Waals surface area contributed by atoms with Crippen molar-refractivity contribution in [2.24, 2.45) is 5.73 Å². The molecule has 3 aromatic rings. The number of nitrogens with one attached hydrogen (secondary N) is 1. The molecule has 0 bridgehead atoms. The van der Waals surface area contributed by atoms with Crippen LogP contribution in [0.3, 0.4) is 0 Å². The Labute approximate surface area is 228 Å². The van der Waals surface area contributed by atoms with Crippen molar-refractivity contribution in [1.82, 2.24) is 9.29 Å². The minimum atomic E-state index is -4.83. The molecular weight excluding hydrogens is 568 g/mol. The molecule has 0 saturated heterocycles. The van der Waals surface area contributed by atoms with Crippen molar-refractivity contribution in [3.05, 3.63) is 76.3 Å². The molecule has 2 aromatic carbocycles. The highest BCUT2D eigenvalue weighted by Crippen LogP contribution is 2.40. The standard InChI is InChI=1S/C23H21ClF4N4O3S.CH2O2/c1-13-19(6-7-21(25)30-13)35-20-12-17(23(26,27)28)18(24)11-16(20)22(33)31-14-4-3-5-15(10-14)36(34)32(2)9-8-29;2-1-3/h3-7,10-12H,8-9,29H2,1-2H3,(H,31,33);1H,(H,2,3)/t36-;/m1./s1. The number of amides is 1. The fourth-order valence-electron chi connectivity index (χ4n) is 3.10.